The fourth-order valence-electron chi connectivity index (χ4n) is 3.27. The number of thiophene rings is 1. The molecular weight excluding hydrogens is 378 g/mol. The number of sulfonamides is 1. The van der Waals surface area contributed by atoms with E-state index in [2.05, 4.69) is 4.72 Å². The lowest BCUT2D eigenvalue weighted by molar-refractivity contribution is 0.224. The van der Waals surface area contributed by atoms with Crippen molar-refractivity contribution in [3.8, 4) is 0 Å². The second kappa shape index (κ2) is 7.94. The maximum atomic E-state index is 12.8. The van der Waals surface area contributed by atoms with Crippen LogP contribution < -0.4 is 4.72 Å². The molecule has 1 unspecified atom stereocenters. The number of rotatable bonds is 6. The zero-order valence-electron chi connectivity index (χ0n) is 15.6. The highest BCUT2D eigenvalue weighted by molar-refractivity contribution is 7.89. The normalized spacial score (nSPS) is 12.9. The number of hydrogen-bond acceptors (Lipinski definition) is 4. The van der Waals surface area contributed by atoms with Crippen LogP contribution in [-0.2, 0) is 16.6 Å². The number of aliphatic hydroxyl groups excluding tert-OH is 1. The monoisotopic (exact) mass is 401 g/mol. The number of hydrogen-bond donors (Lipinski definition) is 2. The highest BCUT2D eigenvalue weighted by Crippen LogP contribution is 2.29. The summed E-state index contributed by atoms with van der Waals surface area (Å²) in [6.45, 7) is 5.78. The first kappa shape index (κ1) is 19.8. The predicted molar refractivity (Wildman–Crippen MR) is 110 cm³/mol. The Morgan fingerprint density at radius 1 is 1.00 bits per heavy atom. The Balaban J connectivity index is 1.75. The molecule has 1 aromatic heterocycles. The Morgan fingerprint density at radius 2 is 1.63 bits per heavy atom. The molecule has 0 aliphatic rings. The van der Waals surface area contributed by atoms with E-state index in [0.29, 0.717) is 4.90 Å². The smallest absolute Gasteiger partial charge is 0.241 e. The van der Waals surface area contributed by atoms with Crippen molar-refractivity contribution in [1.82, 2.24) is 4.72 Å². The Bertz CT molecular complexity index is 1020. The summed E-state index contributed by atoms with van der Waals surface area (Å²) in [7, 11) is -3.61. The molecule has 2 aromatic carbocycles. The van der Waals surface area contributed by atoms with Gasteiger partial charge in [-0.25, -0.2) is 13.1 Å². The van der Waals surface area contributed by atoms with Gasteiger partial charge in [0.15, 0.2) is 0 Å². The first-order valence-electron chi connectivity index (χ1n) is 8.67. The van der Waals surface area contributed by atoms with Gasteiger partial charge in [0.05, 0.1) is 4.90 Å². The Kier molecular flexibility index (Phi) is 5.81. The predicted octanol–water partition coefficient (Wildman–Crippen LogP) is 4.23. The van der Waals surface area contributed by atoms with Gasteiger partial charge in [0.1, 0.15) is 6.10 Å². The van der Waals surface area contributed by atoms with Crippen LogP contribution in [0.5, 0.6) is 0 Å². The minimum Gasteiger partial charge on any atom is -0.383 e. The van der Waals surface area contributed by atoms with Gasteiger partial charge >= 0.3 is 0 Å². The fourth-order valence-corrected chi connectivity index (χ4v) is 5.78. The average molecular weight is 402 g/mol. The van der Waals surface area contributed by atoms with Crippen molar-refractivity contribution in [1.29, 1.82) is 0 Å². The Hall–Kier alpha value is -1.99. The van der Waals surface area contributed by atoms with Gasteiger partial charge in [0.2, 0.25) is 10.0 Å². The lowest BCUT2D eigenvalue weighted by atomic mass is 10.1. The van der Waals surface area contributed by atoms with Crippen molar-refractivity contribution in [3.63, 3.8) is 0 Å². The molecule has 0 radical (unpaired) electrons. The maximum absolute atomic E-state index is 12.8. The van der Waals surface area contributed by atoms with Crippen LogP contribution >= 0.6 is 11.3 Å². The van der Waals surface area contributed by atoms with E-state index in [0.717, 1.165) is 32.0 Å². The standard InChI is InChI=1S/C21H23NO3S2/c1-14-11-15(2)21(16(3)12-14)27(24,25)22-13-18-9-10-19(26-18)20(23)17-7-5-4-6-8-17/h4-12,20,22-23H,13H2,1-3H3. The van der Waals surface area contributed by atoms with Crippen LogP contribution in [0.1, 0.15) is 38.1 Å². The van der Waals surface area contributed by atoms with E-state index < -0.39 is 16.1 Å². The van der Waals surface area contributed by atoms with E-state index in [-0.39, 0.29) is 6.54 Å². The van der Waals surface area contributed by atoms with Crippen molar-refractivity contribution in [2.24, 2.45) is 0 Å². The minimum absolute atomic E-state index is 0.196. The zero-order valence-corrected chi connectivity index (χ0v) is 17.2. The molecule has 142 valence electrons. The summed E-state index contributed by atoms with van der Waals surface area (Å²) in [4.78, 5) is 1.98. The lowest BCUT2D eigenvalue weighted by Crippen LogP contribution is -2.24. The third-order valence-electron chi connectivity index (χ3n) is 4.38. The molecule has 0 saturated heterocycles. The summed E-state index contributed by atoms with van der Waals surface area (Å²) in [6.07, 6.45) is -0.705. The number of aryl methyl sites for hydroxylation is 3. The molecule has 1 heterocycles. The molecule has 0 amide bonds. The van der Waals surface area contributed by atoms with Crippen LogP contribution in [0.25, 0.3) is 0 Å². The third-order valence-corrected chi connectivity index (χ3v) is 7.22. The molecule has 4 nitrogen and oxygen atoms in total. The van der Waals surface area contributed by atoms with Gasteiger partial charge in [-0.2, -0.15) is 0 Å². The van der Waals surface area contributed by atoms with E-state index in [1.165, 1.54) is 11.3 Å². The minimum atomic E-state index is -3.61. The first-order valence-corrected chi connectivity index (χ1v) is 11.0. The molecule has 2 N–H and O–H groups in total. The molecule has 0 bridgehead atoms. The Labute approximate surface area is 164 Å². The molecule has 0 saturated carbocycles. The molecule has 0 aliphatic carbocycles. The summed E-state index contributed by atoms with van der Waals surface area (Å²) >= 11 is 1.41. The second-order valence-corrected chi connectivity index (χ2v) is 9.57. The summed E-state index contributed by atoms with van der Waals surface area (Å²) in [5, 5.41) is 10.5. The van der Waals surface area contributed by atoms with E-state index >= 15 is 0 Å². The molecule has 0 aliphatic heterocycles. The SMILES string of the molecule is Cc1cc(C)c(S(=O)(=O)NCc2ccc(C(O)c3ccccc3)s2)c(C)c1. The third kappa shape index (κ3) is 4.47. The summed E-state index contributed by atoms with van der Waals surface area (Å²) in [5.74, 6) is 0. The van der Waals surface area contributed by atoms with E-state index in [1.54, 1.807) is 0 Å². The zero-order chi connectivity index (χ0) is 19.6. The quantitative estimate of drug-likeness (QED) is 0.649. The molecule has 1 atom stereocenters. The number of nitrogens with one attached hydrogen (secondary N) is 1. The van der Waals surface area contributed by atoms with Crippen LogP contribution in [-0.4, -0.2) is 13.5 Å². The highest BCUT2D eigenvalue weighted by atomic mass is 32.2. The van der Waals surface area contributed by atoms with Crippen molar-refractivity contribution in [2.75, 3.05) is 0 Å². The topological polar surface area (TPSA) is 66.4 Å². The molecule has 3 rings (SSSR count). The maximum Gasteiger partial charge on any atom is 0.241 e. The van der Waals surface area contributed by atoms with Crippen LogP contribution in [0.3, 0.4) is 0 Å². The summed E-state index contributed by atoms with van der Waals surface area (Å²) in [5.41, 5.74) is 3.34. The highest BCUT2D eigenvalue weighted by Gasteiger charge is 2.20. The summed E-state index contributed by atoms with van der Waals surface area (Å²) in [6, 6.07) is 16.9. The lowest BCUT2D eigenvalue weighted by Gasteiger charge is -2.12. The van der Waals surface area contributed by atoms with Gasteiger partial charge in [-0.1, -0.05) is 48.0 Å². The fraction of sp³-hybridized carbons (Fsp3) is 0.238. The van der Waals surface area contributed by atoms with Crippen LogP contribution in [0.15, 0.2) is 59.5 Å². The van der Waals surface area contributed by atoms with E-state index in [4.69, 9.17) is 0 Å². The molecule has 27 heavy (non-hydrogen) atoms. The largest absolute Gasteiger partial charge is 0.383 e. The molecule has 0 spiro atoms. The number of benzene rings is 2. The first-order chi connectivity index (χ1) is 12.8. The van der Waals surface area contributed by atoms with Gasteiger partial charge in [0, 0.05) is 16.3 Å². The molecular formula is C21H23NO3S2. The van der Waals surface area contributed by atoms with Gasteiger partial charge in [-0.15, -0.1) is 11.3 Å². The van der Waals surface area contributed by atoms with Crippen LogP contribution in [0.4, 0.5) is 0 Å². The van der Waals surface area contributed by atoms with Crippen molar-refractivity contribution >= 4 is 21.4 Å². The van der Waals surface area contributed by atoms with Gasteiger partial charge in [-0.3, -0.25) is 0 Å². The van der Waals surface area contributed by atoms with Crippen LogP contribution in [0, 0.1) is 20.8 Å². The second-order valence-electron chi connectivity index (χ2n) is 6.67. The van der Waals surface area contributed by atoms with Gasteiger partial charge in [0.25, 0.3) is 0 Å². The molecule has 6 heteroatoms. The van der Waals surface area contributed by atoms with Crippen molar-refractivity contribution < 1.29 is 13.5 Å². The van der Waals surface area contributed by atoms with Crippen molar-refractivity contribution in [2.45, 2.75) is 38.3 Å². The van der Waals surface area contributed by atoms with Gasteiger partial charge < -0.3 is 5.11 Å². The summed E-state index contributed by atoms with van der Waals surface area (Å²) < 4.78 is 28.2. The van der Waals surface area contributed by atoms with Crippen LogP contribution in [0.2, 0.25) is 0 Å². The van der Waals surface area contributed by atoms with E-state index in [9.17, 15) is 13.5 Å². The molecule has 0 fully saturated rings. The van der Waals surface area contributed by atoms with Gasteiger partial charge in [-0.05, 0) is 49.6 Å². The molecule has 3 aromatic rings. The average Bonchev–Trinajstić information content (AvgIpc) is 3.08. The Morgan fingerprint density at radius 3 is 2.26 bits per heavy atom. The number of aliphatic hydroxyl groups is 1. The van der Waals surface area contributed by atoms with E-state index in [1.807, 2.05) is 75.4 Å². The van der Waals surface area contributed by atoms with Crippen molar-refractivity contribution in [3.05, 3.63) is 86.6 Å².